The Hall–Kier alpha value is -0.770. The van der Waals surface area contributed by atoms with Crippen LogP contribution in [0.3, 0.4) is 0 Å². The topological polar surface area (TPSA) is 52.6 Å². The van der Waals surface area contributed by atoms with Gasteiger partial charge in [0.15, 0.2) is 0 Å². The Morgan fingerprint density at radius 3 is 2.46 bits per heavy atom. The molecule has 0 rings (SSSR count). The van der Waals surface area contributed by atoms with Gasteiger partial charge in [-0.3, -0.25) is 0 Å². The first-order chi connectivity index (χ1) is 5.87. The Bertz CT molecular complexity index is 163. The van der Waals surface area contributed by atoms with Gasteiger partial charge in [-0.05, 0) is 20.3 Å². The number of nitrogens with zero attached hydrogens (tertiary/aromatic N) is 1. The number of carbonyl (C=O) groups excluding carboxylic acids is 1. The molecule has 78 valence electrons. The second kappa shape index (κ2) is 5.07. The lowest BCUT2D eigenvalue weighted by Gasteiger charge is -2.25. The van der Waals surface area contributed by atoms with Crippen LogP contribution in [0.4, 0.5) is 4.79 Å². The van der Waals surface area contributed by atoms with Gasteiger partial charge in [0.1, 0.15) is 0 Å². The summed E-state index contributed by atoms with van der Waals surface area (Å²) in [5.74, 6) is 0. The summed E-state index contributed by atoms with van der Waals surface area (Å²) < 4.78 is 0. The third-order valence-electron chi connectivity index (χ3n) is 1.50. The molecule has 4 nitrogen and oxygen atoms in total. The van der Waals surface area contributed by atoms with Crippen molar-refractivity contribution in [1.29, 1.82) is 0 Å². The SMILES string of the molecule is CCCNC(=O)N(C)CC(C)(C)O. The van der Waals surface area contributed by atoms with Gasteiger partial charge in [0.25, 0.3) is 0 Å². The van der Waals surface area contributed by atoms with E-state index in [1.165, 1.54) is 4.90 Å². The summed E-state index contributed by atoms with van der Waals surface area (Å²) in [6.45, 7) is 6.36. The predicted molar refractivity (Wildman–Crippen MR) is 52.6 cm³/mol. The van der Waals surface area contributed by atoms with Crippen LogP contribution in [0.5, 0.6) is 0 Å². The van der Waals surface area contributed by atoms with Gasteiger partial charge in [0, 0.05) is 13.6 Å². The lowest BCUT2D eigenvalue weighted by Crippen LogP contribution is -2.44. The van der Waals surface area contributed by atoms with E-state index in [-0.39, 0.29) is 6.03 Å². The first kappa shape index (κ1) is 12.2. The van der Waals surface area contributed by atoms with Crippen molar-refractivity contribution in [2.45, 2.75) is 32.8 Å². The van der Waals surface area contributed by atoms with E-state index in [4.69, 9.17) is 0 Å². The molecule has 13 heavy (non-hydrogen) atoms. The summed E-state index contributed by atoms with van der Waals surface area (Å²) >= 11 is 0. The average molecular weight is 188 g/mol. The normalized spacial score (nSPS) is 11.2. The van der Waals surface area contributed by atoms with Crippen LogP contribution in [0, 0.1) is 0 Å². The third kappa shape index (κ3) is 6.40. The summed E-state index contributed by atoms with van der Waals surface area (Å²) in [6.07, 6.45) is 0.919. The molecule has 4 heteroatoms. The van der Waals surface area contributed by atoms with Crippen molar-refractivity contribution in [3.05, 3.63) is 0 Å². The van der Waals surface area contributed by atoms with Gasteiger partial charge in [-0.1, -0.05) is 6.92 Å². The van der Waals surface area contributed by atoms with Crippen molar-refractivity contribution in [3.63, 3.8) is 0 Å². The molecule has 0 aliphatic heterocycles. The molecule has 0 spiro atoms. The fourth-order valence-electron chi connectivity index (χ4n) is 1.02. The van der Waals surface area contributed by atoms with Crippen LogP contribution in [0.25, 0.3) is 0 Å². The Morgan fingerprint density at radius 1 is 1.54 bits per heavy atom. The molecule has 0 saturated heterocycles. The Balaban J connectivity index is 3.83. The monoisotopic (exact) mass is 188 g/mol. The number of aliphatic hydroxyl groups is 1. The minimum Gasteiger partial charge on any atom is -0.389 e. The van der Waals surface area contributed by atoms with E-state index in [0.29, 0.717) is 13.1 Å². The maximum absolute atomic E-state index is 11.3. The average Bonchev–Trinajstić information content (AvgIpc) is 1.96. The summed E-state index contributed by atoms with van der Waals surface area (Å²) in [5.41, 5.74) is -0.835. The highest BCUT2D eigenvalue weighted by molar-refractivity contribution is 5.73. The summed E-state index contributed by atoms with van der Waals surface area (Å²) in [4.78, 5) is 12.8. The number of nitrogens with one attached hydrogen (secondary N) is 1. The zero-order valence-electron chi connectivity index (χ0n) is 8.92. The molecule has 0 fully saturated rings. The summed E-state index contributed by atoms with van der Waals surface area (Å²) in [6, 6.07) is -0.135. The fraction of sp³-hybridized carbons (Fsp3) is 0.889. The molecule has 0 heterocycles. The third-order valence-corrected chi connectivity index (χ3v) is 1.50. The fourth-order valence-corrected chi connectivity index (χ4v) is 1.02. The van der Waals surface area contributed by atoms with Crippen molar-refractivity contribution in [1.82, 2.24) is 10.2 Å². The van der Waals surface area contributed by atoms with Crippen molar-refractivity contribution in [2.75, 3.05) is 20.1 Å². The van der Waals surface area contributed by atoms with E-state index in [0.717, 1.165) is 6.42 Å². The molecule has 0 saturated carbocycles. The van der Waals surface area contributed by atoms with Crippen molar-refractivity contribution < 1.29 is 9.90 Å². The molecule has 2 N–H and O–H groups in total. The van der Waals surface area contributed by atoms with Crippen LogP contribution in [-0.4, -0.2) is 41.8 Å². The second-order valence-corrected chi connectivity index (χ2v) is 3.90. The minimum absolute atomic E-state index is 0.135. The number of carbonyl (C=O) groups is 1. The standard InChI is InChI=1S/C9H20N2O2/c1-5-6-10-8(12)11(4)7-9(2,3)13/h13H,5-7H2,1-4H3,(H,10,12). The highest BCUT2D eigenvalue weighted by atomic mass is 16.3. The van der Waals surface area contributed by atoms with Crippen molar-refractivity contribution in [2.24, 2.45) is 0 Å². The second-order valence-electron chi connectivity index (χ2n) is 3.90. The zero-order valence-corrected chi connectivity index (χ0v) is 8.92. The quantitative estimate of drug-likeness (QED) is 0.686. The van der Waals surface area contributed by atoms with E-state index < -0.39 is 5.60 Å². The van der Waals surface area contributed by atoms with Crippen LogP contribution in [0.2, 0.25) is 0 Å². The number of likely N-dealkylation sites (N-methyl/N-ethyl adjacent to an activating group) is 1. The van der Waals surface area contributed by atoms with Gasteiger partial charge < -0.3 is 15.3 Å². The van der Waals surface area contributed by atoms with Crippen LogP contribution in [0.15, 0.2) is 0 Å². The van der Waals surface area contributed by atoms with Crippen LogP contribution < -0.4 is 5.32 Å². The molecule has 0 atom stereocenters. The van der Waals surface area contributed by atoms with Crippen LogP contribution >= 0.6 is 0 Å². The van der Waals surface area contributed by atoms with E-state index in [9.17, 15) is 9.90 Å². The largest absolute Gasteiger partial charge is 0.389 e. The molecule has 0 aromatic heterocycles. The smallest absolute Gasteiger partial charge is 0.317 e. The predicted octanol–water partition coefficient (Wildman–Crippen LogP) is 0.809. The van der Waals surface area contributed by atoms with Gasteiger partial charge >= 0.3 is 6.03 Å². The number of hydrogen-bond donors (Lipinski definition) is 2. The lowest BCUT2D eigenvalue weighted by molar-refractivity contribution is 0.0532. The van der Waals surface area contributed by atoms with E-state index in [2.05, 4.69) is 5.32 Å². The molecule has 0 aromatic rings. The maximum Gasteiger partial charge on any atom is 0.317 e. The number of rotatable bonds is 4. The highest BCUT2D eigenvalue weighted by Crippen LogP contribution is 2.02. The molecular formula is C9H20N2O2. The van der Waals surface area contributed by atoms with Gasteiger partial charge in [0.05, 0.1) is 12.1 Å². The molecule has 0 radical (unpaired) electrons. The first-order valence-corrected chi connectivity index (χ1v) is 4.58. The van der Waals surface area contributed by atoms with Gasteiger partial charge in [-0.25, -0.2) is 4.79 Å². The molecule has 2 amide bonds. The van der Waals surface area contributed by atoms with Gasteiger partial charge in [-0.15, -0.1) is 0 Å². The molecule has 0 aromatic carbocycles. The molecule has 0 aliphatic rings. The number of urea groups is 1. The zero-order chi connectivity index (χ0) is 10.5. The Labute approximate surface area is 79.9 Å². The summed E-state index contributed by atoms with van der Waals surface area (Å²) in [5, 5.41) is 12.2. The molecule has 0 aliphatic carbocycles. The number of hydrogen-bond acceptors (Lipinski definition) is 2. The van der Waals surface area contributed by atoms with Crippen molar-refractivity contribution in [3.8, 4) is 0 Å². The number of amides is 2. The van der Waals surface area contributed by atoms with Gasteiger partial charge in [-0.2, -0.15) is 0 Å². The minimum atomic E-state index is -0.835. The van der Waals surface area contributed by atoms with Gasteiger partial charge in [0.2, 0.25) is 0 Å². The van der Waals surface area contributed by atoms with Crippen LogP contribution in [0.1, 0.15) is 27.2 Å². The van der Waals surface area contributed by atoms with E-state index >= 15 is 0 Å². The lowest BCUT2D eigenvalue weighted by atomic mass is 10.1. The highest BCUT2D eigenvalue weighted by Gasteiger charge is 2.18. The summed E-state index contributed by atoms with van der Waals surface area (Å²) in [7, 11) is 1.67. The molecule has 0 bridgehead atoms. The molecule has 0 unspecified atom stereocenters. The Morgan fingerprint density at radius 2 is 2.08 bits per heavy atom. The molecular weight excluding hydrogens is 168 g/mol. The van der Waals surface area contributed by atoms with Crippen molar-refractivity contribution >= 4 is 6.03 Å². The van der Waals surface area contributed by atoms with Crippen LogP contribution in [-0.2, 0) is 0 Å². The van der Waals surface area contributed by atoms with E-state index in [1.807, 2.05) is 6.92 Å². The van der Waals surface area contributed by atoms with E-state index in [1.54, 1.807) is 20.9 Å². The maximum atomic E-state index is 11.3. The first-order valence-electron chi connectivity index (χ1n) is 4.58. The Kier molecular flexibility index (Phi) is 4.77.